The van der Waals surface area contributed by atoms with Crippen LogP contribution >= 0.6 is 15.9 Å². The van der Waals surface area contributed by atoms with Crippen molar-refractivity contribution in [1.29, 1.82) is 0 Å². The molecule has 2 aromatic carbocycles. The molecule has 10 nitrogen and oxygen atoms in total. The van der Waals surface area contributed by atoms with E-state index in [0.717, 1.165) is 21.1 Å². The van der Waals surface area contributed by atoms with Gasteiger partial charge in [-0.25, -0.2) is 26.8 Å². The number of aryl methyl sites for hydroxylation is 2. The highest BCUT2D eigenvalue weighted by Gasteiger charge is 2.52. The van der Waals surface area contributed by atoms with Gasteiger partial charge in [0.2, 0.25) is 19.7 Å². The van der Waals surface area contributed by atoms with Gasteiger partial charge in [-0.1, -0.05) is 27.6 Å². The molecule has 0 atom stereocenters. The topological polar surface area (TPSA) is 165 Å². The molecule has 0 unspecified atom stereocenters. The molecule has 5 rings (SSSR count). The first-order valence-corrected chi connectivity index (χ1v) is 17.3. The number of sulfone groups is 2. The van der Waals surface area contributed by atoms with Crippen molar-refractivity contribution >= 4 is 59.8 Å². The van der Waals surface area contributed by atoms with Gasteiger partial charge in [0.15, 0.2) is 0 Å². The fourth-order valence-corrected chi connectivity index (χ4v) is 7.03. The summed E-state index contributed by atoms with van der Waals surface area (Å²) < 4.78 is 63.2. The number of anilines is 2. The monoisotopic (exact) mass is 700 g/mol. The van der Waals surface area contributed by atoms with E-state index in [1.54, 1.807) is 36.4 Å². The highest BCUT2D eigenvalue weighted by Crippen LogP contribution is 2.37. The summed E-state index contributed by atoms with van der Waals surface area (Å²) in [5.74, 6) is 0.567. The Balaban J connectivity index is 0.000000215. The largest absolute Gasteiger partial charge is 0.495 e. The average molecular weight is 701 g/mol. The van der Waals surface area contributed by atoms with E-state index in [2.05, 4.69) is 25.9 Å². The molecule has 4 N–H and O–H groups in total. The molecule has 1 aliphatic rings. The van der Waals surface area contributed by atoms with Gasteiger partial charge in [0.05, 0.1) is 30.8 Å². The highest BCUT2D eigenvalue weighted by atomic mass is 79.9. The van der Waals surface area contributed by atoms with E-state index in [-0.39, 0.29) is 25.4 Å². The maximum atomic E-state index is 12.8. The zero-order valence-corrected chi connectivity index (χ0v) is 28.4. The standard InChI is InChI=1S/C18H23BN2O4S.C12H11BrN2O2S/c1-12-10-13(26(22,23)14-7-9-16(20)21-11-14)6-8-15(12)19-24-17(2,3)18(4,5)25-19;1-8-6-9(2-4-11(8)13)18(16,17)10-3-5-12(14)15-7-10/h6-11H,1-5H3,(H2,20,21);2-7H,1H3,(H2,14,15). The van der Waals surface area contributed by atoms with Gasteiger partial charge in [-0.2, -0.15) is 0 Å². The fourth-order valence-electron chi connectivity index (χ4n) is 4.21. The number of hydrogen-bond donors (Lipinski definition) is 2. The van der Waals surface area contributed by atoms with E-state index in [4.69, 9.17) is 20.8 Å². The molecule has 232 valence electrons. The molecule has 4 aromatic rings. The number of nitrogens with two attached hydrogens (primary N) is 2. The van der Waals surface area contributed by atoms with E-state index in [1.165, 1.54) is 36.7 Å². The second-order valence-electron chi connectivity index (χ2n) is 11.4. The first kappa shape index (κ1) is 33.6. The normalized spacial score (nSPS) is 15.8. The van der Waals surface area contributed by atoms with Gasteiger partial charge in [0.25, 0.3) is 0 Å². The molecule has 14 heteroatoms. The zero-order chi connectivity index (χ0) is 32.7. The van der Waals surface area contributed by atoms with Gasteiger partial charge in [0.1, 0.15) is 11.6 Å². The molecular formula is C30H34BBrN4O6S2. The lowest BCUT2D eigenvalue weighted by atomic mass is 9.76. The van der Waals surface area contributed by atoms with Crippen LogP contribution < -0.4 is 16.9 Å². The second-order valence-corrected chi connectivity index (χ2v) is 16.1. The molecule has 0 radical (unpaired) electrons. The van der Waals surface area contributed by atoms with Crippen molar-refractivity contribution in [3.05, 3.63) is 88.7 Å². The fraction of sp³-hybridized carbons (Fsp3) is 0.267. The van der Waals surface area contributed by atoms with Crippen molar-refractivity contribution in [1.82, 2.24) is 9.97 Å². The van der Waals surface area contributed by atoms with Gasteiger partial charge in [0, 0.05) is 16.9 Å². The van der Waals surface area contributed by atoms with Crippen molar-refractivity contribution in [2.24, 2.45) is 0 Å². The third-order valence-corrected chi connectivity index (χ3v) is 12.0. The van der Waals surface area contributed by atoms with Crippen LogP contribution in [0.1, 0.15) is 38.8 Å². The van der Waals surface area contributed by atoms with Crippen molar-refractivity contribution in [2.75, 3.05) is 11.5 Å². The number of halogens is 1. The number of pyridine rings is 2. The van der Waals surface area contributed by atoms with E-state index < -0.39 is 38.0 Å². The Morgan fingerprint density at radius 1 is 0.659 bits per heavy atom. The first-order chi connectivity index (χ1) is 20.3. The molecule has 1 aliphatic heterocycles. The smallest absolute Gasteiger partial charge is 0.399 e. The summed E-state index contributed by atoms with van der Waals surface area (Å²) in [5, 5.41) is 0. The molecule has 0 spiro atoms. The molecule has 0 aliphatic carbocycles. The van der Waals surface area contributed by atoms with Gasteiger partial charge in [-0.3, -0.25) is 0 Å². The molecule has 0 saturated carbocycles. The minimum atomic E-state index is -3.66. The summed E-state index contributed by atoms with van der Waals surface area (Å²) in [6, 6.07) is 15.7. The van der Waals surface area contributed by atoms with Crippen LogP contribution in [0.15, 0.2) is 97.1 Å². The Kier molecular flexibility index (Phi) is 9.35. The van der Waals surface area contributed by atoms with E-state index >= 15 is 0 Å². The lowest BCUT2D eigenvalue weighted by Gasteiger charge is -2.32. The number of hydrogen-bond acceptors (Lipinski definition) is 10. The van der Waals surface area contributed by atoms with Crippen molar-refractivity contribution in [3.8, 4) is 0 Å². The first-order valence-electron chi connectivity index (χ1n) is 13.5. The third-order valence-electron chi connectivity index (χ3n) is 7.64. The second kappa shape index (κ2) is 12.2. The van der Waals surface area contributed by atoms with Crippen LogP contribution in [0.5, 0.6) is 0 Å². The molecule has 0 bridgehead atoms. The minimum Gasteiger partial charge on any atom is -0.399 e. The Bertz CT molecular complexity index is 1890. The lowest BCUT2D eigenvalue weighted by molar-refractivity contribution is 0.00578. The van der Waals surface area contributed by atoms with Crippen molar-refractivity contribution in [2.45, 2.75) is 72.3 Å². The van der Waals surface area contributed by atoms with Crippen LogP contribution in [0.2, 0.25) is 0 Å². The summed E-state index contributed by atoms with van der Waals surface area (Å²) >= 11 is 3.34. The summed E-state index contributed by atoms with van der Waals surface area (Å²) in [7, 11) is -7.73. The van der Waals surface area contributed by atoms with Gasteiger partial charge in [-0.15, -0.1) is 0 Å². The molecule has 3 heterocycles. The number of nitrogens with zero attached hydrogens (tertiary/aromatic N) is 2. The number of rotatable bonds is 5. The number of nitrogen functional groups attached to an aromatic ring is 2. The average Bonchev–Trinajstić information content (AvgIpc) is 3.17. The predicted molar refractivity (Wildman–Crippen MR) is 174 cm³/mol. The maximum Gasteiger partial charge on any atom is 0.495 e. The van der Waals surface area contributed by atoms with Crippen molar-refractivity contribution < 1.29 is 26.1 Å². The van der Waals surface area contributed by atoms with E-state index in [0.29, 0.717) is 5.82 Å². The Morgan fingerprint density at radius 3 is 1.45 bits per heavy atom. The molecule has 1 saturated heterocycles. The van der Waals surface area contributed by atoms with Crippen LogP contribution in [-0.2, 0) is 29.0 Å². The predicted octanol–water partition coefficient (Wildman–Crippen LogP) is 4.67. The summed E-state index contributed by atoms with van der Waals surface area (Å²) in [6.07, 6.45) is 2.53. The van der Waals surface area contributed by atoms with Crippen LogP contribution in [0.3, 0.4) is 0 Å². The lowest BCUT2D eigenvalue weighted by Crippen LogP contribution is -2.41. The van der Waals surface area contributed by atoms with Gasteiger partial charge >= 0.3 is 7.12 Å². The minimum absolute atomic E-state index is 0.106. The van der Waals surface area contributed by atoms with Crippen LogP contribution in [0.4, 0.5) is 11.6 Å². The maximum absolute atomic E-state index is 12.8. The Morgan fingerprint density at radius 2 is 1.07 bits per heavy atom. The zero-order valence-electron chi connectivity index (χ0n) is 25.2. The molecule has 2 aromatic heterocycles. The summed E-state index contributed by atoms with van der Waals surface area (Å²) in [6.45, 7) is 11.6. The SMILES string of the molecule is Cc1cc(S(=O)(=O)c2ccc(N)nc2)ccc1B1OC(C)(C)C(C)(C)O1.Cc1cc(S(=O)(=O)c2ccc(N)nc2)ccc1Br. The van der Waals surface area contributed by atoms with Crippen LogP contribution in [0, 0.1) is 13.8 Å². The van der Waals surface area contributed by atoms with Crippen molar-refractivity contribution in [3.63, 3.8) is 0 Å². The number of benzene rings is 2. The van der Waals surface area contributed by atoms with Crippen LogP contribution in [-0.4, -0.2) is 45.1 Å². The Labute approximate surface area is 267 Å². The Hall–Kier alpha value is -3.30. The molecular weight excluding hydrogens is 667 g/mol. The van der Waals surface area contributed by atoms with Gasteiger partial charge < -0.3 is 20.8 Å². The van der Waals surface area contributed by atoms with E-state index in [9.17, 15) is 16.8 Å². The molecule has 0 amide bonds. The highest BCUT2D eigenvalue weighted by molar-refractivity contribution is 9.10. The quantitative estimate of drug-likeness (QED) is 0.280. The summed E-state index contributed by atoms with van der Waals surface area (Å²) in [5.41, 5.74) is 12.5. The number of aromatic nitrogens is 2. The van der Waals surface area contributed by atoms with E-state index in [1.807, 2.05) is 41.5 Å². The molecule has 44 heavy (non-hydrogen) atoms. The summed E-state index contributed by atoms with van der Waals surface area (Å²) in [4.78, 5) is 8.35. The van der Waals surface area contributed by atoms with Crippen LogP contribution in [0.25, 0.3) is 0 Å². The third kappa shape index (κ3) is 6.84. The molecule has 1 fully saturated rings. The van der Waals surface area contributed by atoms with Gasteiger partial charge in [-0.05, 0) is 107 Å².